The van der Waals surface area contributed by atoms with Gasteiger partial charge in [-0.2, -0.15) is 0 Å². The van der Waals surface area contributed by atoms with Crippen LogP contribution in [0, 0.1) is 0 Å². The third-order valence-electron chi connectivity index (χ3n) is 3.56. The Labute approximate surface area is 132 Å². The number of methoxy groups -OCH3 is 1. The zero-order valence-corrected chi connectivity index (χ0v) is 14.6. The van der Waals surface area contributed by atoms with Crippen LogP contribution in [0.15, 0.2) is 22.7 Å². The van der Waals surface area contributed by atoms with Gasteiger partial charge in [-0.15, -0.1) is 0 Å². The molecule has 0 amide bonds. The first-order valence-electron chi connectivity index (χ1n) is 7.77. The van der Waals surface area contributed by atoms with Gasteiger partial charge in [0.25, 0.3) is 0 Å². The maximum absolute atomic E-state index is 5.33. The third-order valence-corrected chi connectivity index (χ3v) is 4.33. The van der Waals surface area contributed by atoms with Gasteiger partial charge < -0.3 is 10.1 Å². The molecule has 1 unspecified atom stereocenters. The molecule has 1 aromatic carbocycles. The fraction of sp³-hybridized carbons (Fsp3) is 0.647. The van der Waals surface area contributed by atoms with Crippen molar-refractivity contribution in [1.29, 1.82) is 0 Å². The highest BCUT2D eigenvalue weighted by Gasteiger charge is 2.11. The summed E-state index contributed by atoms with van der Waals surface area (Å²) in [5.41, 5.74) is 1.33. The molecule has 3 heteroatoms. The molecular weight excluding hydrogens is 314 g/mol. The first-order valence-corrected chi connectivity index (χ1v) is 8.56. The number of rotatable bonds is 10. The highest BCUT2D eigenvalue weighted by atomic mass is 79.9. The molecule has 0 aliphatic carbocycles. The van der Waals surface area contributed by atoms with Crippen LogP contribution in [0.1, 0.15) is 51.5 Å². The Morgan fingerprint density at radius 2 is 2.00 bits per heavy atom. The van der Waals surface area contributed by atoms with Crippen molar-refractivity contribution in [3.05, 3.63) is 28.2 Å². The number of hydrogen-bond donors (Lipinski definition) is 1. The van der Waals surface area contributed by atoms with Gasteiger partial charge in [-0.1, -0.05) is 49.0 Å². The SMILES string of the molecule is CCCCCC(Cc1cc(OC)ccc1Br)NCCC. The monoisotopic (exact) mass is 341 g/mol. The molecule has 1 rings (SSSR count). The summed E-state index contributed by atoms with van der Waals surface area (Å²) < 4.78 is 6.51. The second-order valence-corrected chi connectivity index (χ2v) is 6.16. The fourth-order valence-corrected chi connectivity index (χ4v) is 2.77. The van der Waals surface area contributed by atoms with Crippen LogP contribution in [0.2, 0.25) is 0 Å². The van der Waals surface area contributed by atoms with Crippen molar-refractivity contribution in [1.82, 2.24) is 5.32 Å². The topological polar surface area (TPSA) is 21.3 Å². The Bertz CT molecular complexity index is 381. The quantitative estimate of drug-likeness (QED) is 0.608. The molecule has 0 aromatic heterocycles. The zero-order chi connectivity index (χ0) is 14.8. The minimum Gasteiger partial charge on any atom is -0.497 e. The Morgan fingerprint density at radius 3 is 2.65 bits per heavy atom. The maximum atomic E-state index is 5.33. The summed E-state index contributed by atoms with van der Waals surface area (Å²) in [6.45, 7) is 5.57. The molecule has 0 radical (unpaired) electrons. The van der Waals surface area contributed by atoms with Gasteiger partial charge in [-0.25, -0.2) is 0 Å². The lowest BCUT2D eigenvalue weighted by molar-refractivity contribution is 0.412. The van der Waals surface area contributed by atoms with E-state index in [4.69, 9.17) is 4.74 Å². The van der Waals surface area contributed by atoms with Gasteiger partial charge in [0, 0.05) is 10.5 Å². The molecule has 1 atom stereocenters. The lowest BCUT2D eigenvalue weighted by atomic mass is 10.00. The molecule has 1 N–H and O–H groups in total. The van der Waals surface area contributed by atoms with Gasteiger partial charge in [0.05, 0.1) is 7.11 Å². The van der Waals surface area contributed by atoms with E-state index in [1.54, 1.807) is 7.11 Å². The molecule has 2 nitrogen and oxygen atoms in total. The van der Waals surface area contributed by atoms with Crippen LogP contribution in [0.5, 0.6) is 5.75 Å². The van der Waals surface area contributed by atoms with E-state index < -0.39 is 0 Å². The molecule has 0 bridgehead atoms. The van der Waals surface area contributed by atoms with E-state index in [2.05, 4.69) is 47.2 Å². The van der Waals surface area contributed by atoms with Crippen molar-refractivity contribution >= 4 is 15.9 Å². The average Bonchev–Trinajstić information content (AvgIpc) is 2.46. The molecule has 20 heavy (non-hydrogen) atoms. The third kappa shape index (κ3) is 6.27. The molecule has 0 aliphatic rings. The first-order chi connectivity index (χ1) is 9.71. The van der Waals surface area contributed by atoms with Crippen LogP contribution in [-0.4, -0.2) is 19.7 Å². The van der Waals surface area contributed by atoms with Crippen molar-refractivity contribution < 1.29 is 4.74 Å². The summed E-state index contributed by atoms with van der Waals surface area (Å²) in [5.74, 6) is 0.936. The van der Waals surface area contributed by atoms with Crippen molar-refractivity contribution in [2.45, 2.75) is 58.4 Å². The lowest BCUT2D eigenvalue weighted by Gasteiger charge is -2.19. The fourth-order valence-electron chi connectivity index (χ4n) is 2.37. The minimum atomic E-state index is 0.560. The number of unbranched alkanes of at least 4 members (excludes halogenated alkanes) is 2. The Hall–Kier alpha value is -0.540. The minimum absolute atomic E-state index is 0.560. The van der Waals surface area contributed by atoms with Crippen molar-refractivity contribution in [3.8, 4) is 5.75 Å². The molecular formula is C17H28BrNO. The maximum Gasteiger partial charge on any atom is 0.119 e. The van der Waals surface area contributed by atoms with Crippen LogP contribution < -0.4 is 10.1 Å². The van der Waals surface area contributed by atoms with Gasteiger partial charge >= 0.3 is 0 Å². The van der Waals surface area contributed by atoms with E-state index in [1.807, 2.05) is 6.07 Å². The Morgan fingerprint density at radius 1 is 1.20 bits per heavy atom. The predicted octanol–water partition coefficient (Wildman–Crippen LogP) is 4.95. The van der Waals surface area contributed by atoms with Crippen molar-refractivity contribution in [3.63, 3.8) is 0 Å². The molecule has 0 spiro atoms. The van der Waals surface area contributed by atoms with Crippen LogP contribution in [0.25, 0.3) is 0 Å². The number of ether oxygens (including phenoxy) is 1. The summed E-state index contributed by atoms with van der Waals surface area (Å²) >= 11 is 3.65. The predicted molar refractivity (Wildman–Crippen MR) is 90.6 cm³/mol. The van der Waals surface area contributed by atoms with Gasteiger partial charge in [-0.3, -0.25) is 0 Å². The number of benzene rings is 1. The number of halogens is 1. The highest BCUT2D eigenvalue weighted by molar-refractivity contribution is 9.10. The molecule has 114 valence electrons. The molecule has 0 heterocycles. The molecule has 0 saturated heterocycles. The number of hydrogen-bond acceptors (Lipinski definition) is 2. The first kappa shape index (κ1) is 17.5. The molecule has 0 fully saturated rings. The highest BCUT2D eigenvalue weighted by Crippen LogP contribution is 2.24. The largest absolute Gasteiger partial charge is 0.497 e. The average molecular weight is 342 g/mol. The van der Waals surface area contributed by atoms with Crippen molar-refractivity contribution in [2.24, 2.45) is 0 Å². The molecule has 1 aromatic rings. The van der Waals surface area contributed by atoms with Gasteiger partial charge in [-0.05, 0) is 49.6 Å². The summed E-state index contributed by atoms with van der Waals surface area (Å²) in [7, 11) is 1.72. The summed E-state index contributed by atoms with van der Waals surface area (Å²) in [6.07, 6.45) is 7.40. The van der Waals surface area contributed by atoms with E-state index in [0.717, 1.165) is 18.7 Å². The van der Waals surface area contributed by atoms with Gasteiger partial charge in [0.1, 0.15) is 5.75 Å². The van der Waals surface area contributed by atoms with E-state index in [0.29, 0.717) is 6.04 Å². The summed E-state index contributed by atoms with van der Waals surface area (Å²) in [6, 6.07) is 6.78. The number of nitrogens with one attached hydrogen (secondary N) is 1. The van der Waals surface area contributed by atoms with E-state index >= 15 is 0 Å². The smallest absolute Gasteiger partial charge is 0.119 e. The normalized spacial score (nSPS) is 12.4. The molecule has 0 saturated carbocycles. The second-order valence-electron chi connectivity index (χ2n) is 5.31. The Balaban J connectivity index is 2.66. The van der Waals surface area contributed by atoms with Gasteiger partial charge in [0.2, 0.25) is 0 Å². The summed E-state index contributed by atoms with van der Waals surface area (Å²) in [5, 5.41) is 3.68. The lowest BCUT2D eigenvalue weighted by Crippen LogP contribution is -2.31. The second kappa shape index (κ2) is 10.2. The summed E-state index contributed by atoms with van der Waals surface area (Å²) in [4.78, 5) is 0. The van der Waals surface area contributed by atoms with Crippen molar-refractivity contribution in [2.75, 3.05) is 13.7 Å². The van der Waals surface area contributed by atoms with E-state index in [9.17, 15) is 0 Å². The van der Waals surface area contributed by atoms with Crippen LogP contribution in [0.4, 0.5) is 0 Å². The zero-order valence-electron chi connectivity index (χ0n) is 13.0. The van der Waals surface area contributed by atoms with Crippen LogP contribution in [0.3, 0.4) is 0 Å². The van der Waals surface area contributed by atoms with E-state index in [-0.39, 0.29) is 0 Å². The van der Waals surface area contributed by atoms with Gasteiger partial charge in [0.15, 0.2) is 0 Å². The van der Waals surface area contributed by atoms with E-state index in [1.165, 1.54) is 42.1 Å². The van der Waals surface area contributed by atoms with Crippen LogP contribution >= 0.6 is 15.9 Å². The molecule has 0 aliphatic heterocycles. The Kier molecular flexibility index (Phi) is 8.95. The van der Waals surface area contributed by atoms with Crippen LogP contribution in [-0.2, 0) is 6.42 Å². The standard InChI is InChI=1S/C17H28BrNO/c1-4-6-7-8-15(19-11-5-2)12-14-13-16(20-3)9-10-17(14)18/h9-10,13,15,19H,4-8,11-12H2,1-3H3.